The maximum absolute atomic E-state index is 11.4. The summed E-state index contributed by atoms with van der Waals surface area (Å²) in [5.74, 6) is 0.539. The van der Waals surface area contributed by atoms with Crippen molar-refractivity contribution in [2.24, 2.45) is 0 Å². The van der Waals surface area contributed by atoms with E-state index in [1.165, 1.54) is 6.33 Å². The van der Waals surface area contributed by atoms with Crippen LogP contribution in [0.25, 0.3) is 10.9 Å². The summed E-state index contributed by atoms with van der Waals surface area (Å²) in [4.78, 5) is 22.0. The number of benzene rings is 1. The van der Waals surface area contributed by atoms with E-state index in [9.17, 15) is 4.79 Å². The van der Waals surface area contributed by atoms with Crippen LogP contribution in [0.5, 0.6) is 11.6 Å². The number of hydrogen-bond donors (Lipinski definition) is 2. The number of nitrogens with one attached hydrogen (secondary N) is 1. The Morgan fingerprint density at radius 1 is 1.25 bits per heavy atom. The molecule has 0 spiro atoms. The van der Waals surface area contributed by atoms with E-state index in [0.717, 1.165) is 9.86 Å². The largest absolute Gasteiger partial charge is 0.435 e. The van der Waals surface area contributed by atoms with Crippen molar-refractivity contribution in [1.29, 1.82) is 0 Å². The van der Waals surface area contributed by atoms with Gasteiger partial charge in [0.25, 0.3) is 5.56 Å². The Labute approximate surface area is 121 Å². The number of halogens is 1. The van der Waals surface area contributed by atoms with Crippen LogP contribution < -0.4 is 16.0 Å². The SMILES string of the molecule is Nc1c(Oc2ccc(Br)c3cccnc23)nc[nH]c1=O. The summed E-state index contributed by atoms with van der Waals surface area (Å²) in [5.41, 5.74) is 5.79. The molecule has 20 heavy (non-hydrogen) atoms. The van der Waals surface area contributed by atoms with Gasteiger partial charge in [0.15, 0.2) is 11.4 Å². The van der Waals surface area contributed by atoms with Crippen LogP contribution in [-0.2, 0) is 0 Å². The van der Waals surface area contributed by atoms with Gasteiger partial charge in [-0.05, 0) is 18.2 Å². The number of nitrogens with zero attached hydrogens (tertiary/aromatic N) is 2. The lowest BCUT2D eigenvalue weighted by Crippen LogP contribution is -2.13. The van der Waals surface area contributed by atoms with Crippen LogP contribution in [0, 0.1) is 0 Å². The molecule has 0 unspecified atom stereocenters. The molecule has 100 valence electrons. The number of nitrogen functional groups attached to an aromatic ring is 1. The molecule has 0 aliphatic carbocycles. The summed E-state index contributed by atoms with van der Waals surface area (Å²) >= 11 is 3.45. The molecule has 0 radical (unpaired) electrons. The number of pyridine rings is 1. The van der Waals surface area contributed by atoms with E-state index in [1.807, 2.05) is 18.2 Å². The van der Waals surface area contributed by atoms with E-state index in [2.05, 4.69) is 30.9 Å². The molecule has 3 rings (SSSR count). The van der Waals surface area contributed by atoms with Crippen molar-refractivity contribution in [3.8, 4) is 11.6 Å². The molecule has 7 heteroatoms. The van der Waals surface area contributed by atoms with E-state index < -0.39 is 5.56 Å². The van der Waals surface area contributed by atoms with Crippen molar-refractivity contribution < 1.29 is 4.74 Å². The van der Waals surface area contributed by atoms with Gasteiger partial charge in [-0.3, -0.25) is 9.78 Å². The van der Waals surface area contributed by atoms with Gasteiger partial charge in [0.2, 0.25) is 5.88 Å². The first kappa shape index (κ1) is 12.6. The van der Waals surface area contributed by atoms with Crippen molar-refractivity contribution in [3.63, 3.8) is 0 Å². The van der Waals surface area contributed by atoms with Gasteiger partial charge in [-0.2, -0.15) is 0 Å². The van der Waals surface area contributed by atoms with Gasteiger partial charge in [0, 0.05) is 16.1 Å². The highest BCUT2D eigenvalue weighted by Crippen LogP contribution is 2.32. The first-order valence-corrected chi connectivity index (χ1v) is 6.50. The van der Waals surface area contributed by atoms with Gasteiger partial charge in [-0.15, -0.1) is 0 Å². The number of fused-ring (bicyclic) bond motifs is 1. The summed E-state index contributed by atoms with van der Waals surface area (Å²) in [5, 5.41) is 0.897. The molecule has 0 atom stereocenters. The molecule has 0 fully saturated rings. The zero-order valence-electron chi connectivity index (χ0n) is 10.1. The van der Waals surface area contributed by atoms with Crippen molar-refractivity contribution >= 4 is 32.5 Å². The topological polar surface area (TPSA) is 93.9 Å². The molecule has 0 bridgehead atoms. The lowest BCUT2D eigenvalue weighted by Gasteiger charge is -2.09. The normalized spacial score (nSPS) is 10.7. The quantitative estimate of drug-likeness (QED) is 0.751. The molecular weight excluding hydrogens is 324 g/mol. The standard InChI is InChI=1S/C13H9BrN4O2/c14-8-3-4-9(11-7(8)2-1-5-16-11)20-13-10(15)12(19)17-6-18-13/h1-6H,15H2,(H,17,18,19). The number of anilines is 1. The third-order valence-electron chi connectivity index (χ3n) is 2.74. The molecule has 0 aliphatic rings. The number of aromatic nitrogens is 3. The molecule has 3 aromatic rings. The lowest BCUT2D eigenvalue weighted by molar-refractivity contribution is 0.467. The van der Waals surface area contributed by atoms with E-state index in [4.69, 9.17) is 10.5 Å². The van der Waals surface area contributed by atoms with E-state index in [0.29, 0.717) is 11.3 Å². The lowest BCUT2D eigenvalue weighted by atomic mass is 10.2. The van der Waals surface area contributed by atoms with Crippen LogP contribution in [0.2, 0.25) is 0 Å². The van der Waals surface area contributed by atoms with Gasteiger partial charge < -0.3 is 15.5 Å². The minimum atomic E-state index is -0.440. The van der Waals surface area contributed by atoms with Crippen LogP contribution >= 0.6 is 15.9 Å². The van der Waals surface area contributed by atoms with E-state index in [1.54, 1.807) is 12.3 Å². The number of H-pyrrole nitrogens is 1. The highest BCUT2D eigenvalue weighted by atomic mass is 79.9. The van der Waals surface area contributed by atoms with Gasteiger partial charge in [-0.1, -0.05) is 22.0 Å². The fourth-order valence-electron chi connectivity index (χ4n) is 1.77. The van der Waals surface area contributed by atoms with Crippen molar-refractivity contribution in [2.45, 2.75) is 0 Å². The van der Waals surface area contributed by atoms with Crippen molar-refractivity contribution in [1.82, 2.24) is 15.0 Å². The Morgan fingerprint density at radius 3 is 2.95 bits per heavy atom. The zero-order valence-corrected chi connectivity index (χ0v) is 11.7. The van der Waals surface area contributed by atoms with Gasteiger partial charge in [-0.25, -0.2) is 4.98 Å². The summed E-state index contributed by atoms with van der Waals surface area (Å²) in [6.45, 7) is 0. The Balaban J connectivity index is 2.14. The predicted molar refractivity (Wildman–Crippen MR) is 78.8 cm³/mol. The highest BCUT2D eigenvalue weighted by Gasteiger charge is 2.11. The second-order valence-electron chi connectivity index (χ2n) is 4.00. The monoisotopic (exact) mass is 332 g/mol. The van der Waals surface area contributed by atoms with Gasteiger partial charge >= 0.3 is 0 Å². The molecule has 0 amide bonds. The fraction of sp³-hybridized carbons (Fsp3) is 0. The molecule has 2 aromatic heterocycles. The molecule has 6 nitrogen and oxygen atoms in total. The van der Waals surface area contributed by atoms with Gasteiger partial charge in [0.1, 0.15) is 5.52 Å². The molecule has 0 saturated heterocycles. The van der Waals surface area contributed by atoms with Crippen LogP contribution in [0.4, 0.5) is 5.69 Å². The number of nitrogens with two attached hydrogens (primary N) is 1. The Bertz CT molecular complexity index is 847. The van der Waals surface area contributed by atoms with Crippen LogP contribution in [0.15, 0.2) is 46.1 Å². The maximum atomic E-state index is 11.4. The second kappa shape index (κ2) is 4.93. The van der Waals surface area contributed by atoms with E-state index >= 15 is 0 Å². The van der Waals surface area contributed by atoms with Gasteiger partial charge in [0.05, 0.1) is 6.33 Å². The smallest absolute Gasteiger partial charge is 0.277 e. The molecule has 0 saturated carbocycles. The van der Waals surface area contributed by atoms with Crippen LogP contribution in [-0.4, -0.2) is 15.0 Å². The van der Waals surface area contributed by atoms with Crippen molar-refractivity contribution in [3.05, 3.63) is 51.6 Å². The summed E-state index contributed by atoms with van der Waals surface area (Å²) in [6, 6.07) is 7.31. The summed E-state index contributed by atoms with van der Waals surface area (Å²) in [6.07, 6.45) is 2.90. The molecule has 1 aromatic carbocycles. The second-order valence-corrected chi connectivity index (χ2v) is 4.85. The van der Waals surface area contributed by atoms with Crippen LogP contribution in [0.3, 0.4) is 0 Å². The summed E-state index contributed by atoms with van der Waals surface area (Å²) in [7, 11) is 0. The molecular formula is C13H9BrN4O2. The maximum Gasteiger partial charge on any atom is 0.277 e. The Morgan fingerprint density at radius 2 is 2.10 bits per heavy atom. The number of ether oxygens (including phenoxy) is 1. The minimum Gasteiger partial charge on any atom is -0.435 e. The first-order valence-electron chi connectivity index (χ1n) is 5.71. The third-order valence-corrected chi connectivity index (χ3v) is 3.43. The number of aromatic amines is 1. The molecule has 3 N–H and O–H groups in total. The highest BCUT2D eigenvalue weighted by molar-refractivity contribution is 9.10. The van der Waals surface area contributed by atoms with Crippen molar-refractivity contribution in [2.75, 3.05) is 5.73 Å². The fourth-order valence-corrected chi connectivity index (χ4v) is 2.23. The van der Waals surface area contributed by atoms with E-state index in [-0.39, 0.29) is 11.6 Å². The third kappa shape index (κ3) is 2.12. The number of hydrogen-bond acceptors (Lipinski definition) is 5. The number of rotatable bonds is 2. The first-order chi connectivity index (χ1) is 9.66. The average molecular weight is 333 g/mol. The minimum absolute atomic E-state index is 0.0584. The zero-order chi connectivity index (χ0) is 14.1. The van der Waals surface area contributed by atoms with Crippen LogP contribution in [0.1, 0.15) is 0 Å². The predicted octanol–water partition coefficient (Wildman–Crippen LogP) is 2.46. The molecule has 2 heterocycles. The average Bonchev–Trinajstić information content (AvgIpc) is 2.47. The summed E-state index contributed by atoms with van der Waals surface area (Å²) < 4.78 is 6.52. The molecule has 0 aliphatic heterocycles. The Hall–Kier alpha value is -2.41. The Kier molecular flexibility index (Phi) is 3.11.